The van der Waals surface area contributed by atoms with Gasteiger partial charge in [-0.3, -0.25) is 9.59 Å². The second-order valence-corrected chi connectivity index (χ2v) is 3.75. The molecule has 0 aliphatic heterocycles. The zero-order chi connectivity index (χ0) is 13.1. The summed E-state index contributed by atoms with van der Waals surface area (Å²) < 4.78 is 7.83. The number of benzene rings is 2. The Hall–Kier alpha value is -1.77. The molecule has 2 aromatic rings. The molecular formula is C14H11O3PS. The smallest absolute Gasteiger partial charge is 0.197 e. The summed E-state index contributed by atoms with van der Waals surface area (Å²) in [6.07, 6.45) is 0. The third-order valence-corrected chi connectivity index (χ3v) is 2.83. The Morgan fingerprint density at radius 3 is 1.00 bits per heavy atom. The Kier molecular flexibility index (Phi) is 5.16. The summed E-state index contributed by atoms with van der Waals surface area (Å²) in [6.45, 7) is 0. The number of hydrogen-bond acceptors (Lipinski definition) is 4. The predicted octanol–water partition coefficient (Wildman–Crippen LogP) is 2.18. The van der Waals surface area contributed by atoms with E-state index in [1.54, 1.807) is 48.5 Å². The molecule has 0 saturated carbocycles. The molecule has 0 fully saturated rings. The van der Waals surface area contributed by atoms with Gasteiger partial charge in [0.05, 0.1) is 0 Å². The average molecular weight is 290 g/mol. The van der Waals surface area contributed by atoms with Crippen LogP contribution in [0.4, 0.5) is 0 Å². The SMILES string of the molecule is O=C1c2ccccc2C(=O)c2ccccc21.O=S.P. The monoisotopic (exact) mass is 290 g/mol. The highest BCUT2D eigenvalue weighted by Gasteiger charge is 2.28. The Morgan fingerprint density at radius 2 is 0.789 bits per heavy atom. The zero-order valence-electron chi connectivity index (χ0n) is 9.96. The van der Waals surface area contributed by atoms with Gasteiger partial charge in [0.25, 0.3) is 0 Å². The molecule has 0 heterocycles. The minimum Gasteiger partial charge on any atom is -0.289 e. The van der Waals surface area contributed by atoms with Crippen LogP contribution in [-0.2, 0) is 12.5 Å². The fourth-order valence-electron chi connectivity index (χ4n) is 2.05. The maximum absolute atomic E-state index is 12.1. The standard InChI is InChI=1S/C14H8O2.OS.H3P/c15-13-9-5-1-2-6-10(9)14(16)12-8-4-3-7-11(12)13;1-2;/h1-8H;;1H3. The van der Waals surface area contributed by atoms with E-state index in [1.165, 1.54) is 0 Å². The molecule has 1 aliphatic carbocycles. The summed E-state index contributed by atoms with van der Waals surface area (Å²) in [4.78, 5) is 24.2. The summed E-state index contributed by atoms with van der Waals surface area (Å²) >= 11 is 2.83. The molecule has 1 unspecified atom stereocenters. The Morgan fingerprint density at radius 1 is 0.579 bits per heavy atom. The predicted molar refractivity (Wildman–Crippen MR) is 79.0 cm³/mol. The lowest BCUT2D eigenvalue weighted by atomic mass is 9.84. The van der Waals surface area contributed by atoms with Crippen molar-refractivity contribution in [3.63, 3.8) is 0 Å². The van der Waals surface area contributed by atoms with Crippen molar-refractivity contribution < 1.29 is 13.8 Å². The van der Waals surface area contributed by atoms with E-state index in [0.29, 0.717) is 22.3 Å². The van der Waals surface area contributed by atoms with E-state index in [0.717, 1.165) is 0 Å². The number of fused-ring (bicyclic) bond motifs is 2. The highest BCUT2D eigenvalue weighted by Crippen LogP contribution is 2.26. The van der Waals surface area contributed by atoms with Gasteiger partial charge >= 0.3 is 0 Å². The highest BCUT2D eigenvalue weighted by atomic mass is 32.1. The number of hydrogen-bond donors (Lipinski definition) is 0. The average Bonchev–Trinajstić information content (AvgIpc) is 2.47. The van der Waals surface area contributed by atoms with Crippen molar-refractivity contribution in [2.45, 2.75) is 0 Å². The van der Waals surface area contributed by atoms with Gasteiger partial charge in [-0.05, 0) is 0 Å². The number of rotatable bonds is 0. The molecule has 2 aromatic carbocycles. The van der Waals surface area contributed by atoms with Gasteiger partial charge in [0.2, 0.25) is 0 Å². The van der Waals surface area contributed by atoms with Gasteiger partial charge in [0.15, 0.2) is 24.1 Å². The molecule has 1 aliphatic rings. The van der Waals surface area contributed by atoms with E-state index < -0.39 is 0 Å². The molecular weight excluding hydrogens is 279 g/mol. The quantitative estimate of drug-likeness (QED) is 0.595. The van der Waals surface area contributed by atoms with Crippen LogP contribution in [0.1, 0.15) is 31.8 Å². The fourth-order valence-corrected chi connectivity index (χ4v) is 2.05. The van der Waals surface area contributed by atoms with Gasteiger partial charge in [-0.25, -0.2) is 0 Å². The Bertz CT molecular complexity index is 535. The van der Waals surface area contributed by atoms with E-state index in [4.69, 9.17) is 4.21 Å². The Labute approximate surface area is 119 Å². The van der Waals surface area contributed by atoms with E-state index >= 15 is 0 Å². The fraction of sp³-hybridized carbons (Fsp3) is 0. The van der Waals surface area contributed by atoms with Crippen LogP contribution >= 0.6 is 9.90 Å². The largest absolute Gasteiger partial charge is 0.289 e. The van der Waals surface area contributed by atoms with Crippen molar-refractivity contribution in [1.82, 2.24) is 0 Å². The molecule has 19 heavy (non-hydrogen) atoms. The zero-order valence-corrected chi connectivity index (χ0v) is 12.2. The summed E-state index contributed by atoms with van der Waals surface area (Å²) in [6, 6.07) is 13.9. The molecule has 0 radical (unpaired) electrons. The van der Waals surface area contributed by atoms with Gasteiger partial charge in [-0.2, -0.15) is 14.1 Å². The number of ketones is 2. The lowest BCUT2D eigenvalue weighted by Gasteiger charge is -2.16. The van der Waals surface area contributed by atoms with E-state index in [9.17, 15) is 9.59 Å². The molecule has 3 rings (SSSR count). The number of carbonyl (C=O) groups is 2. The van der Waals surface area contributed by atoms with Crippen LogP contribution in [0.2, 0.25) is 0 Å². The van der Waals surface area contributed by atoms with Crippen LogP contribution in [0.25, 0.3) is 0 Å². The molecule has 1 atom stereocenters. The summed E-state index contributed by atoms with van der Waals surface area (Å²) in [5.41, 5.74) is 2.02. The summed E-state index contributed by atoms with van der Waals surface area (Å²) in [5, 5.41) is 0. The topological polar surface area (TPSA) is 51.2 Å². The van der Waals surface area contributed by atoms with Crippen molar-refractivity contribution >= 4 is 34.0 Å². The second kappa shape index (κ2) is 6.41. The van der Waals surface area contributed by atoms with Crippen molar-refractivity contribution in [3.8, 4) is 0 Å². The molecule has 0 aromatic heterocycles. The summed E-state index contributed by atoms with van der Waals surface area (Å²) in [7, 11) is 0. The van der Waals surface area contributed by atoms with Gasteiger partial charge in [-0.15, -0.1) is 0 Å². The first-order valence-corrected chi connectivity index (χ1v) is 5.56. The minimum atomic E-state index is -0.0641. The van der Waals surface area contributed by atoms with E-state index in [2.05, 4.69) is 12.5 Å². The lowest BCUT2D eigenvalue weighted by molar-refractivity contribution is 0.0979. The molecule has 0 saturated heterocycles. The van der Waals surface area contributed by atoms with Crippen molar-refractivity contribution in [1.29, 1.82) is 0 Å². The first-order valence-electron chi connectivity index (χ1n) is 5.23. The van der Waals surface area contributed by atoms with E-state index in [1.807, 2.05) is 0 Å². The van der Waals surface area contributed by atoms with Gasteiger partial charge < -0.3 is 0 Å². The van der Waals surface area contributed by atoms with Gasteiger partial charge in [0.1, 0.15) is 0 Å². The third-order valence-electron chi connectivity index (χ3n) is 2.83. The molecule has 0 spiro atoms. The number of carbonyl (C=O) groups excluding carboxylic acids is 2. The lowest BCUT2D eigenvalue weighted by Crippen LogP contribution is -2.20. The minimum absolute atomic E-state index is 0. The molecule has 0 bridgehead atoms. The van der Waals surface area contributed by atoms with Gasteiger partial charge in [0, 0.05) is 22.3 Å². The molecule has 96 valence electrons. The van der Waals surface area contributed by atoms with Crippen molar-refractivity contribution in [2.24, 2.45) is 0 Å². The first kappa shape index (κ1) is 15.3. The van der Waals surface area contributed by atoms with Crippen LogP contribution in [0, 0.1) is 0 Å². The van der Waals surface area contributed by atoms with Crippen LogP contribution in [-0.4, -0.2) is 15.8 Å². The van der Waals surface area contributed by atoms with Crippen LogP contribution < -0.4 is 0 Å². The molecule has 3 nitrogen and oxygen atoms in total. The highest BCUT2D eigenvalue weighted by molar-refractivity contribution is 7.44. The third kappa shape index (κ3) is 2.50. The normalized spacial score (nSPS) is 11.4. The molecule has 0 amide bonds. The molecule has 0 N–H and O–H groups in total. The first-order chi connectivity index (χ1) is 8.79. The van der Waals surface area contributed by atoms with Crippen LogP contribution in [0.5, 0.6) is 0 Å². The van der Waals surface area contributed by atoms with Crippen LogP contribution in [0.3, 0.4) is 0 Å². The molecule has 5 heteroatoms. The van der Waals surface area contributed by atoms with E-state index in [-0.39, 0.29) is 21.5 Å². The maximum Gasteiger partial charge on any atom is 0.197 e. The van der Waals surface area contributed by atoms with Gasteiger partial charge in [-0.1, -0.05) is 48.5 Å². The van der Waals surface area contributed by atoms with Crippen molar-refractivity contribution in [3.05, 3.63) is 70.8 Å². The maximum atomic E-state index is 12.1. The second-order valence-electron chi connectivity index (χ2n) is 3.75. The van der Waals surface area contributed by atoms with Crippen LogP contribution in [0.15, 0.2) is 48.5 Å². The summed E-state index contributed by atoms with van der Waals surface area (Å²) in [5.74, 6) is -0.128. The van der Waals surface area contributed by atoms with Crippen molar-refractivity contribution in [2.75, 3.05) is 0 Å². The Balaban J connectivity index is 0.000000576.